The smallest absolute Gasteiger partial charge is 0.264 e. The Morgan fingerprint density at radius 3 is 2.57 bits per heavy atom. The van der Waals surface area contributed by atoms with Crippen LogP contribution in [-0.4, -0.2) is 19.6 Å². The van der Waals surface area contributed by atoms with Crippen molar-refractivity contribution in [2.45, 2.75) is 25.2 Å². The second kappa shape index (κ2) is 6.66. The van der Waals surface area contributed by atoms with E-state index >= 15 is 0 Å². The standard InChI is InChI=1S/C25H20N4O/c30-24-23-21(27-25-28-26-15-29(24)25)14-20-18(13-16-7-3-1-4-8-16)11-12-19(20)22(23)17-9-5-2-6-10-17/h1-10,13,15,22H,11-12,14H2,(H,27,28). The fraction of sp³-hybridized carbons (Fsp3) is 0.160. The van der Waals surface area contributed by atoms with Crippen LogP contribution in [0.2, 0.25) is 0 Å². The summed E-state index contributed by atoms with van der Waals surface area (Å²) < 4.78 is 1.52. The van der Waals surface area contributed by atoms with Crippen LogP contribution in [-0.2, 0) is 6.42 Å². The molecule has 0 aliphatic heterocycles. The van der Waals surface area contributed by atoms with Crippen molar-refractivity contribution in [1.82, 2.24) is 19.6 Å². The van der Waals surface area contributed by atoms with E-state index < -0.39 is 0 Å². The summed E-state index contributed by atoms with van der Waals surface area (Å²) >= 11 is 0. The van der Waals surface area contributed by atoms with E-state index in [2.05, 4.69) is 52.7 Å². The molecule has 5 heteroatoms. The van der Waals surface area contributed by atoms with Gasteiger partial charge in [0.05, 0.1) is 11.3 Å². The van der Waals surface area contributed by atoms with Crippen LogP contribution in [0.25, 0.3) is 11.9 Å². The molecule has 4 aromatic rings. The number of nitrogens with one attached hydrogen (secondary N) is 1. The van der Waals surface area contributed by atoms with Gasteiger partial charge >= 0.3 is 0 Å². The summed E-state index contributed by atoms with van der Waals surface area (Å²) in [7, 11) is 0. The maximum atomic E-state index is 13.4. The van der Waals surface area contributed by atoms with E-state index in [1.807, 2.05) is 24.3 Å². The molecule has 2 aliphatic carbocycles. The molecule has 2 heterocycles. The predicted octanol–water partition coefficient (Wildman–Crippen LogP) is 4.28. The third kappa shape index (κ3) is 2.59. The summed E-state index contributed by atoms with van der Waals surface area (Å²) in [6, 6.07) is 20.8. The lowest BCUT2D eigenvalue weighted by Gasteiger charge is -2.27. The Kier molecular flexibility index (Phi) is 3.81. The number of nitrogens with zero attached hydrogens (tertiary/aromatic N) is 3. The zero-order chi connectivity index (χ0) is 20.1. The van der Waals surface area contributed by atoms with Gasteiger partial charge in [0.1, 0.15) is 6.33 Å². The molecule has 0 saturated heterocycles. The zero-order valence-corrected chi connectivity index (χ0v) is 16.4. The molecule has 0 bridgehead atoms. The number of hydrogen-bond acceptors (Lipinski definition) is 3. The topological polar surface area (TPSA) is 63.0 Å². The van der Waals surface area contributed by atoms with Crippen molar-refractivity contribution in [2.75, 3.05) is 0 Å². The van der Waals surface area contributed by atoms with Crippen LogP contribution in [0, 0.1) is 0 Å². The summed E-state index contributed by atoms with van der Waals surface area (Å²) in [4.78, 5) is 18.2. The molecule has 30 heavy (non-hydrogen) atoms. The second-order valence-electron chi connectivity index (χ2n) is 7.93. The SMILES string of the molecule is O=c1c2c(nc3[nH]ncn13)CC1=C(CCC1=Cc1ccccc1)C2c1ccccc1. The average Bonchev–Trinajstić information content (AvgIpc) is 3.41. The van der Waals surface area contributed by atoms with Gasteiger partial charge in [-0.25, -0.2) is 14.5 Å². The first-order chi connectivity index (χ1) is 14.8. The van der Waals surface area contributed by atoms with Gasteiger partial charge in [0.15, 0.2) is 0 Å². The van der Waals surface area contributed by atoms with Gasteiger partial charge in [-0.15, -0.1) is 0 Å². The molecule has 1 atom stereocenters. The van der Waals surface area contributed by atoms with Crippen molar-refractivity contribution in [3.8, 4) is 0 Å². The molecular formula is C25H20N4O. The number of rotatable bonds is 2. The van der Waals surface area contributed by atoms with Gasteiger partial charge in [0, 0.05) is 12.3 Å². The molecule has 0 radical (unpaired) electrons. The Labute approximate surface area is 173 Å². The van der Waals surface area contributed by atoms with Gasteiger partial charge in [-0.05, 0) is 35.1 Å². The lowest BCUT2D eigenvalue weighted by Crippen LogP contribution is -2.28. The Bertz CT molecular complexity index is 1380. The highest BCUT2D eigenvalue weighted by molar-refractivity contribution is 5.66. The summed E-state index contributed by atoms with van der Waals surface area (Å²) in [6.45, 7) is 0. The maximum Gasteiger partial charge on any atom is 0.264 e. The monoisotopic (exact) mass is 392 g/mol. The molecule has 1 N–H and O–H groups in total. The van der Waals surface area contributed by atoms with Crippen LogP contribution >= 0.6 is 0 Å². The molecule has 5 nitrogen and oxygen atoms in total. The first-order valence-electron chi connectivity index (χ1n) is 10.3. The lowest BCUT2D eigenvalue weighted by atomic mass is 9.77. The first kappa shape index (κ1) is 17.2. The Balaban J connectivity index is 1.58. The van der Waals surface area contributed by atoms with Crippen LogP contribution in [0.1, 0.15) is 41.1 Å². The van der Waals surface area contributed by atoms with E-state index in [9.17, 15) is 4.79 Å². The van der Waals surface area contributed by atoms with E-state index in [1.54, 1.807) is 0 Å². The van der Waals surface area contributed by atoms with Crippen molar-refractivity contribution in [1.29, 1.82) is 0 Å². The first-order valence-corrected chi connectivity index (χ1v) is 10.3. The van der Waals surface area contributed by atoms with Crippen molar-refractivity contribution in [2.24, 2.45) is 0 Å². The van der Waals surface area contributed by atoms with E-state index in [4.69, 9.17) is 4.98 Å². The normalized spacial score (nSPS) is 19.3. The zero-order valence-electron chi connectivity index (χ0n) is 16.4. The number of benzene rings is 2. The van der Waals surface area contributed by atoms with Crippen molar-refractivity contribution in [3.05, 3.63) is 116 Å². The highest BCUT2D eigenvalue weighted by Crippen LogP contribution is 2.48. The second-order valence-corrected chi connectivity index (χ2v) is 7.93. The van der Waals surface area contributed by atoms with Gasteiger partial charge in [0.25, 0.3) is 5.56 Å². The Morgan fingerprint density at radius 1 is 1.00 bits per heavy atom. The Morgan fingerprint density at radius 2 is 1.77 bits per heavy atom. The molecule has 146 valence electrons. The van der Waals surface area contributed by atoms with E-state index in [-0.39, 0.29) is 11.5 Å². The summed E-state index contributed by atoms with van der Waals surface area (Å²) in [5.41, 5.74) is 8.04. The van der Waals surface area contributed by atoms with Crippen molar-refractivity contribution in [3.63, 3.8) is 0 Å². The summed E-state index contributed by atoms with van der Waals surface area (Å²) in [6.07, 6.45) is 6.47. The van der Waals surface area contributed by atoms with Crippen LogP contribution in [0.4, 0.5) is 0 Å². The van der Waals surface area contributed by atoms with Crippen LogP contribution in [0.5, 0.6) is 0 Å². The number of aromatic amines is 1. The molecule has 0 amide bonds. The van der Waals surface area contributed by atoms with Crippen molar-refractivity contribution >= 4 is 11.9 Å². The minimum absolute atomic E-state index is 0.0235. The van der Waals surface area contributed by atoms with Gasteiger partial charge in [-0.3, -0.25) is 4.79 Å². The van der Waals surface area contributed by atoms with Gasteiger partial charge in [0.2, 0.25) is 5.78 Å². The number of hydrogen-bond donors (Lipinski definition) is 1. The maximum absolute atomic E-state index is 13.4. The molecule has 6 rings (SSSR count). The molecule has 2 aliphatic rings. The lowest BCUT2D eigenvalue weighted by molar-refractivity contribution is 0.785. The number of allylic oxidation sites excluding steroid dienone is 3. The fourth-order valence-corrected chi connectivity index (χ4v) is 4.93. The minimum Gasteiger partial charge on any atom is -0.268 e. The highest BCUT2D eigenvalue weighted by Gasteiger charge is 2.36. The Hall–Kier alpha value is -3.73. The molecule has 0 fully saturated rings. The third-order valence-corrected chi connectivity index (χ3v) is 6.26. The average molecular weight is 392 g/mol. The minimum atomic E-state index is -0.0570. The van der Waals surface area contributed by atoms with Crippen LogP contribution < -0.4 is 5.56 Å². The number of fused-ring (bicyclic) bond motifs is 2. The number of H-pyrrole nitrogens is 1. The quantitative estimate of drug-likeness (QED) is 0.554. The number of aromatic nitrogens is 4. The fourth-order valence-electron chi connectivity index (χ4n) is 4.93. The molecule has 2 aromatic heterocycles. The third-order valence-electron chi connectivity index (χ3n) is 6.26. The van der Waals surface area contributed by atoms with Crippen molar-refractivity contribution < 1.29 is 0 Å². The molecule has 1 unspecified atom stereocenters. The molecule has 0 spiro atoms. The van der Waals surface area contributed by atoms with Crippen LogP contribution in [0.3, 0.4) is 0 Å². The van der Waals surface area contributed by atoms with E-state index in [0.29, 0.717) is 12.2 Å². The van der Waals surface area contributed by atoms with E-state index in [1.165, 1.54) is 33.0 Å². The highest BCUT2D eigenvalue weighted by atomic mass is 16.1. The predicted molar refractivity (Wildman–Crippen MR) is 116 cm³/mol. The van der Waals surface area contributed by atoms with Gasteiger partial charge < -0.3 is 0 Å². The summed E-state index contributed by atoms with van der Waals surface area (Å²) in [5.74, 6) is 0.444. The van der Waals surface area contributed by atoms with Gasteiger partial charge in [-0.1, -0.05) is 72.3 Å². The molecule has 2 aromatic carbocycles. The summed E-state index contributed by atoms with van der Waals surface area (Å²) in [5, 5.41) is 6.87. The molecule has 0 saturated carbocycles. The molecular weight excluding hydrogens is 372 g/mol. The van der Waals surface area contributed by atoms with Crippen LogP contribution in [0.15, 0.2) is 88.5 Å². The van der Waals surface area contributed by atoms with E-state index in [0.717, 1.165) is 29.7 Å². The largest absolute Gasteiger partial charge is 0.268 e. The van der Waals surface area contributed by atoms with Gasteiger partial charge in [-0.2, -0.15) is 5.10 Å².